The maximum atomic E-state index is 11.9. The highest BCUT2D eigenvalue weighted by Crippen LogP contribution is 2.16. The molecule has 0 spiro atoms. The Labute approximate surface area is 101 Å². The van der Waals surface area contributed by atoms with Crippen LogP contribution in [0.15, 0.2) is 30.3 Å². The summed E-state index contributed by atoms with van der Waals surface area (Å²) in [5.74, 6) is -1.70. The molecular weight excluding hydrogens is 218 g/mol. The van der Waals surface area contributed by atoms with Gasteiger partial charge in [0.25, 0.3) is 0 Å². The Morgan fingerprint density at radius 2 is 1.76 bits per heavy atom. The van der Waals surface area contributed by atoms with E-state index in [1.54, 1.807) is 6.92 Å². The number of benzene rings is 1. The second-order valence-corrected chi connectivity index (χ2v) is 4.55. The summed E-state index contributed by atoms with van der Waals surface area (Å²) >= 11 is 0. The molecular formula is C13H17NO3. The lowest BCUT2D eigenvalue weighted by Gasteiger charge is -2.23. The summed E-state index contributed by atoms with van der Waals surface area (Å²) < 4.78 is 0. The monoisotopic (exact) mass is 235 g/mol. The van der Waals surface area contributed by atoms with E-state index in [-0.39, 0.29) is 11.8 Å². The van der Waals surface area contributed by atoms with Gasteiger partial charge in [0.15, 0.2) is 0 Å². The molecule has 0 aliphatic heterocycles. The molecule has 1 amide bonds. The molecule has 92 valence electrons. The van der Waals surface area contributed by atoms with E-state index in [1.807, 2.05) is 30.3 Å². The van der Waals surface area contributed by atoms with E-state index in [9.17, 15) is 9.59 Å². The van der Waals surface area contributed by atoms with Gasteiger partial charge in [0.1, 0.15) is 5.54 Å². The Morgan fingerprint density at radius 3 is 2.24 bits per heavy atom. The average Bonchev–Trinajstić information content (AvgIpc) is 2.28. The van der Waals surface area contributed by atoms with Gasteiger partial charge in [-0.2, -0.15) is 0 Å². The third kappa shape index (κ3) is 3.31. The molecule has 0 saturated carbocycles. The van der Waals surface area contributed by atoms with Crippen LogP contribution in [0.4, 0.5) is 0 Å². The molecule has 0 aromatic heterocycles. The number of nitrogens with one attached hydrogen (secondary N) is 1. The molecule has 0 bridgehead atoms. The SMILES string of the molecule is C[C@@H](C(=O)NC(C)(C)C(=O)O)c1ccccc1. The molecule has 4 heteroatoms. The van der Waals surface area contributed by atoms with E-state index < -0.39 is 11.5 Å². The average molecular weight is 235 g/mol. The van der Waals surface area contributed by atoms with Crippen LogP contribution in [-0.4, -0.2) is 22.5 Å². The maximum absolute atomic E-state index is 11.9. The number of hydrogen-bond acceptors (Lipinski definition) is 2. The number of rotatable bonds is 4. The van der Waals surface area contributed by atoms with Crippen molar-refractivity contribution >= 4 is 11.9 Å². The number of aliphatic carboxylic acids is 1. The van der Waals surface area contributed by atoms with Gasteiger partial charge >= 0.3 is 5.97 Å². The van der Waals surface area contributed by atoms with E-state index in [0.717, 1.165) is 5.56 Å². The lowest BCUT2D eigenvalue weighted by atomic mass is 9.98. The lowest BCUT2D eigenvalue weighted by Crippen LogP contribution is -2.50. The van der Waals surface area contributed by atoms with Gasteiger partial charge in [0.2, 0.25) is 5.91 Å². The quantitative estimate of drug-likeness (QED) is 0.835. The van der Waals surface area contributed by atoms with E-state index in [0.29, 0.717) is 0 Å². The Balaban J connectivity index is 2.75. The zero-order valence-corrected chi connectivity index (χ0v) is 10.2. The molecule has 0 unspecified atom stereocenters. The summed E-state index contributed by atoms with van der Waals surface area (Å²) in [5.41, 5.74) is -0.383. The van der Waals surface area contributed by atoms with Crippen molar-refractivity contribution in [2.45, 2.75) is 32.2 Å². The van der Waals surface area contributed by atoms with Gasteiger partial charge in [0.05, 0.1) is 5.92 Å². The van der Waals surface area contributed by atoms with Crippen LogP contribution in [-0.2, 0) is 9.59 Å². The van der Waals surface area contributed by atoms with Crippen LogP contribution in [0.2, 0.25) is 0 Å². The minimum Gasteiger partial charge on any atom is -0.480 e. The number of carbonyl (C=O) groups is 2. The van der Waals surface area contributed by atoms with Crippen molar-refractivity contribution in [1.29, 1.82) is 0 Å². The fourth-order valence-corrected chi connectivity index (χ4v) is 1.36. The van der Waals surface area contributed by atoms with Crippen molar-refractivity contribution in [3.63, 3.8) is 0 Å². The molecule has 17 heavy (non-hydrogen) atoms. The van der Waals surface area contributed by atoms with Gasteiger partial charge in [-0.1, -0.05) is 30.3 Å². The van der Waals surface area contributed by atoms with Gasteiger partial charge in [-0.25, -0.2) is 4.79 Å². The van der Waals surface area contributed by atoms with Crippen LogP contribution in [0.5, 0.6) is 0 Å². The maximum Gasteiger partial charge on any atom is 0.328 e. The van der Waals surface area contributed by atoms with Crippen LogP contribution in [0.3, 0.4) is 0 Å². The minimum atomic E-state index is -1.25. The van der Waals surface area contributed by atoms with Gasteiger partial charge in [-0.3, -0.25) is 4.79 Å². The summed E-state index contributed by atoms with van der Waals surface area (Å²) in [6.45, 7) is 4.68. The molecule has 0 aliphatic rings. The first kappa shape index (κ1) is 13.2. The number of carboxylic acid groups (broad SMARTS) is 1. The highest BCUT2D eigenvalue weighted by Gasteiger charge is 2.30. The van der Waals surface area contributed by atoms with Crippen LogP contribution in [0.1, 0.15) is 32.3 Å². The summed E-state index contributed by atoms with van der Waals surface area (Å²) in [7, 11) is 0. The Morgan fingerprint density at radius 1 is 1.24 bits per heavy atom. The standard InChI is InChI=1S/C13H17NO3/c1-9(10-7-5-4-6-8-10)11(15)14-13(2,3)12(16)17/h4-9H,1-3H3,(H,14,15)(H,16,17)/t9-/m1/s1. The van der Waals surface area contributed by atoms with E-state index in [1.165, 1.54) is 13.8 Å². The third-order valence-electron chi connectivity index (χ3n) is 2.66. The van der Waals surface area contributed by atoms with Crippen LogP contribution >= 0.6 is 0 Å². The topological polar surface area (TPSA) is 66.4 Å². The summed E-state index contributed by atoms with van der Waals surface area (Å²) in [6, 6.07) is 9.26. The Hall–Kier alpha value is -1.84. The molecule has 1 rings (SSSR count). The van der Waals surface area contributed by atoms with E-state index in [2.05, 4.69) is 5.32 Å². The molecule has 0 radical (unpaired) electrons. The van der Waals surface area contributed by atoms with E-state index >= 15 is 0 Å². The van der Waals surface area contributed by atoms with Crippen molar-refractivity contribution in [3.8, 4) is 0 Å². The normalized spacial score (nSPS) is 12.9. The lowest BCUT2D eigenvalue weighted by molar-refractivity contribution is -0.146. The Kier molecular flexibility index (Phi) is 3.89. The minimum absolute atomic E-state index is 0.288. The molecule has 2 N–H and O–H groups in total. The predicted molar refractivity (Wildman–Crippen MR) is 64.7 cm³/mol. The first-order valence-corrected chi connectivity index (χ1v) is 5.45. The summed E-state index contributed by atoms with van der Waals surface area (Å²) in [5, 5.41) is 11.4. The second-order valence-electron chi connectivity index (χ2n) is 4.55. The highest BCUT2D eigenvalue weighted by atomic mass is 16.4. The van der Waals surface area contributed by atoms with Gasteiger partial charge < -0.3 is 10.4 Å². The fraction of sp³-hybridized carbons (Fsp3) is 0.385. The zero-order chi connectivity index (χ0) is 13.1. The molecule has 4 nitrogen and oxygen atoms in total. The molecule has 0 fully saturated rings. The van der Waals surface area contributed by atoms with Crippen LogP contribution < -0.4 is 5.32 Å². The van der Waals surface area contributed by atoms with Crippen molar-refractivity contribution < 1.29 is 14.7 Å². The predicted octanol–water partition coefficient (Wildman–Crippen LogP) is 1.77. The van der Waals surface area contributed by atoms with Crippen molar-refractivity contribution in [2.24, 2.45) is 0 Å². The fourth-order valence-electron chi connectivity index (χ4n) is 1.36. The largest absolute Gasteiger partial charge is 0.480 e. The number of amides is 1. The number of hydrogen-bond donors (Lipinski definition) is 2. The van der Waals surface area contributed by atoms with Gasteiger partial charge in [-0.05, 0) is 26.3 Å². The molecule has 0 saturated heterocycles. The number of carbonyl (C=O) groups excluding carboxylic acids is 1. The zero-order valence-electron chi connectivity index (χ0n) is 10.2. The van der Waals surface area contributed by atoms with Crippen LogP contribution in [0.25, 0.3) is 0 Å². The first-order chi connectivity index (χ1) is 7.84. The smallest absolute Gasteiger partial charge is 0.328 e. The van der Waals surface area contributed by atoms with Gasteiger partial charge in [-0.15, -0.1) is 0 Å². The Bertz CT molecular complexity index is 412. The molecule has 1 aromatic rings. The third-order valence-corrected chi connectivity index (χ3v) is 2.66. The van der Waals surface area contributed by atoms with E-state index in [4.69, 9.17) is 5.11 Å². The first-order valence-electron chi connectivity index (χ1n) is 5.45. The summed E-state index contributed by atoms with van der Waals surface area (Å²) in [6.07, 6.45) is 0. The molecule has 0 heterocycles. The molecule has 1 atom stereocenters. The second kappa shape index (κ2) is 4.99. The van der Waals surface area contributed by atoms with Crippen molar-refractivity contribution in [1.82, 2.24) is 5.32 Å². The highest BCUT2D eigenvalue weighted by molar-refractivity contribution is 5.89. The molecule has 1 aromatic carbocycles. The summed E-state index contributed by atoms with van der Waals surface area (Å²) in [4.78, 5) is 22.8. The number of carboxylic acids is 1. The van der Waals surface area contributed by atoms with Gasteiger partial charge in [0, 0.05) is 0 Å². The van der Waals surface area contributed by atoms with Crippen LogP contribution in [0, 0.1) is 0 Å². The van der Waals surface area contributed by atoms with Crippen molar-refractivity contribution in [2.75, 3.05) is 0 Å². The van der Waals surface area contributed by atoms with Crippen molar-refractivity contribution in [3.05, 3.63) is 35.9 Å². The molecule has 0 aliphatic carbocycles.